The molecule has 0 saturated carbocycles. The molecule has 0 fully saturated rings. The van der Waals surface area contributed by atoms with Crippen LogP contribution < -0.4 is 10.5 Å². The number of hydrogen-bond acceptors (Lipinski definition) is 5. The van der Waals surface area contributed by atoms with Crippen molar-refractivity contribution in [1.82, 2.24) is 0 Å². The van der Waals surface area contributed by atoms with Gasteiger partial charge in [-0.1, -0.05) is 0 Å². The van der Waals surface area contributed by atoms with Crippen LogP contribution in [0, 0.1) is 10.1 Å². The second-order valence-electron chi connectivity index (χ2n) is 3.05. The van der Waals surface area contributed by atoms with Crippen molar-refractivity contribution in [3.63, 3.8) is 0 Å². The molecule has 74 valence electrons. The van der Waals surface area contributed by atoms with E-state index in [0.29, 0.717) is 11.3 Å². The van der Waals surface area contributed by atoms with E-state index in [1.807, 2.05) is 0 Å². The van der Waals surface area contributed by atoms with Crippen LogP contribution >= 0.6 is 0 Å². The van der Waals surface area contributed by atoms with E-state index in [2.05, 4.69) is 0 Å². The molecule has 0 aliphatic carbocycles. The van der Waals surface area contributed by atoms with Gasteiger partial charge in [-0.15, -0.1) is 0 Å². The summed E-state index contributed by atoms with van der Waals surface area (Å²) in [5, 5.41) is 19.8. The van der Waals surface area contributed by atoms with E-state index in [-0.39, 0.29) is 18.0 Å². The molecule has 0 bridgehead atoms. The minimum absolute atomic E-state index is 0.190. The van der Waals surface area contributed by atoms with Crippen LogP contribution in [-0.4, -0.2) is 16.6 Å². The highest BCUT2D eigenvalue weighted by Crippen LogP contribution is 2.40. The Morgan fingerprint density at radius 3 is 3.00 bits per heavy atom. The Hall–Kier alpha value is -1.82. The van der Waals surface area contributed by atoms with Crippen molar-refractivity contribution in [2.24, 2.45) is 5.73 Å². The topological polar surface area (TPSA) is 98.6 Å². The average molecular weight is 196 g/mol. The van der Waals surface area contributed by atoms with Crippen molar-refractivity contribution in [2.45, 2.75) is 6.04 Å². The van der Waals surface area contributed by atoms with E-state index >= 15 is 0 Å². The van der Waals surface area contributed by atoms with Gasteiger partial charge in [0.15, 0.2) is 0 Å². The Bertz CT molecular complexity index is 405. The number of rotatable bonds is 1. The molecule has 0 saturated heterocycles. The van der Waals surface area contributed by atoms with E-state index in [4.69, 9.17) is 10.5 Å². The zero-order chi connectivity index (χ0) is 10.3. The molecule has 0 radical (unpaired) electrons. The Morgan fingerprint density at radius 1 is 1.64 bits per heavy atom. The molecule has 1 atom stereocenters. The van der Waals surface area contributed by atoms with Crippen LogP contribution in [0.5, 0.6) is 11.5 Å². The van der Waals surface area contributed by atoms with Crippen molar-refractivity contribution < 1.29 is 14.8 Å². The quantitative estimate of drug-likeness (QED) is 0.508. The number of ether oxygens (including phenoxy) is 1. The third kappa shape index (κ3) is 1.16. The smallest absolute Gasteiger partial charge is 0.281 e. The molecule has 1 heterocycles. The monoisotopic (exact) mass is 196 g/mol. The lowest BCUT2D eigenvalue weighted by Gasteiger charge is -2.02. The van der Waals surface area contributed by atoms with Crippen LogP contribution in [0.1, 0.15) is 11.6 Å². The number of nitro benzene ring substituents is 1. The summed E-state index contributed by atoms with van der Waals surface area (Å²) >= 11 is 0. The maximum absolute atomic E-state index is 10.6. The van der Waals surface area contributed by atoms with Gasteiger partial charge >= 0.3 is 0 Å². The van der Waals surface area contributed by atoms with Gasteiger partial charge in [-0.2, -0.15) is 0 Å². The minimum atomic E-state index is -0.576. The number of phenols is 1. The van der Waals surface area contributed by atoms with Crippen LogP contribution in [0.3, 0.4) is 0 Å². The highest BCUT2D eigenvalue weighted by atomic mass is 16.6. The van der Waals surface area contributed by atoms with Crippen LogP contribution in [0.4, 0.5) is 5.69 Å². The highest BCUT2D eigenvalue weighted by Gasteiger charge is 2.30. The van der Waals surface area contributed by atoms with E-state index in [1.54, 1.807) is 0 Å². The van der Waals surface area contributed by atoms with Gasteiger partial charge in [-0.3, -0.25) is 10.1 Å². The summed E-state index contributed by atoms with van der Waals surface area (Å²) in [6.45, 7) is 0.208. The summed E-state index contributed by atoms with van der Waals surface area (Å²) in [5.41, 5.74) is 5.79. The summed E-state index contributed by atoms with van der Waals surface area (Å²) < 4.78 is 5.09. The van der Waals surface area contributed by atoms with Crippen molar-refractivity contribution in [1.29, 1.82) is 0 Å². The first-order chi connectivity index (χ1) is 6.59. The summed E-state index contributed by atoms with van der Waals surface area (Å²) in [7, 11) is 0. The molecule has 2 rings (SSSR count). The molecular formula is C8H8N2O4. The van der Waals surface area contributed by atoms with E-state index in [9.17, 15) is 15.2 Å². The fraction of sp³-hybridized carbons (Fsp3) is 0.250. The van der Waals surface area contributed by atoms with Gasteiger partial charge in [0.05, 0.1) is 22.6 Å². The number of nitrogens with two attached hydrogens (primary N) is 1. The molecule has 3 N–H and O–H groups in total. The van der Waals surface area contributed by atoms with Gasteiger partial charge in [0.25, 0.3) is 5.69 Å². The molecule has 6 heteroatoms. The number of aromatic hydroxyl groups is 1. The van der Waals surface area contributed by atoms with Gasteiger partial charge in [0.2, 0.25) is 0 Å². The van der Waals surface area contributed by atoms with Crippen molar-refractivity contribution in [3.8, 4) is 11.5 Å². The summed E-state index contributed by atoms with van der Waals surface area (Å²) in [5.74, 6) is 0.105. The first-order valence-electron chi connectivity index (χ1n) is 3.99. The predicted octanol–water partition coefficient (Wildman–Crippen LogP) is 0.693. The molecule has 0 spiro atoms. The van der Waals surface area contributed by atoms with Gasteiger partial charge in [-0.25, -0.2) is 0 Å². The zero-order valence-corrected chi connectivity index (χ0v) is 7.14. The van der Waals surface area contributed by atoms with Crippen LogP contribution in [-0.2, 0) is 0 Å². The van der Waals surface area contributed by atoms with E-state index in [0.717, 1.165) is 6.07 Å². The summed E-state index contributed by atoms with van der Waals surface area (Å²) in [6.07, 6.45) is 0. The number of nitro groups is 1. The number of benzene rings is 1. The fourth-order valence-electron chi connectivity index (χ4n) is 1.50. The Balaban J connectivity index is 2.65. The maximum atomic E-state index is 10.6. The Morgan fingerprint density at radius 2 is 2.36 bits per heavy atom. The van der Waals surface area contributed by atoms with Crippen molar-refractivity contribution in [2.75, 3.05) is 6.61 Å². The summed E-state index contributed by atoms with van der Waals surface area (Å²) in [6, 6.07) is 1.91. The predicted molar refractivity (Wildman–Crippen MR) is 47.2 cm³/mol. The Kier molecular flexibility index (Phi) is 1.78. The second kappa shape index (κ2) is 2.85. The molecule has 1 aliphatic heterocycles. The highest BCUT2D eigenvalue weighted by molar-refractivity contribution is 5.57. The number of hydrogen-bond donors (Lipinski definition) is 2. The van der Waals surface area contributed by atoms with Crippen LogP contribution in [0.2, 0.25) is 0 Å². The van der Waals surface area contributed by atoms with Gasteiger partial charge < -0.3 is 15.6 Å². The summed E-state index contributed by atoms with van der Waals surface area (Å²) in [4.78, 5) is 10.1. The third-order valence-corrected chi connectivity index (χ3v) is 2.09. The fourth-order valence-corrected chi connectivity index (χ4v) is 1.50. The number of nitrogens with zero attached hydrogens (tertiary/aromatic N) is 1. The second-order valence-corrected chi connectivity index (χ2v) is 3.05. The minimum Gasteiger partial charge on any atom is -0.508 e. The largest absolute Gasteiger partial charge is 0.508 e. The van der Waals surface area contributed by atoms with Crippen LogP contribution in [0.25, 0.3) is 0 Å². The lowest BCUT2D eigenvalue weighted by molar-refractivity contribution is -0.385. The molecular weight excluding hydrogens is 188 g/mol. The zero-order valence-electron chi connectivity index (χ0n) is 7.14. The lowest BCUT2D eigenvalue weighted by atomic mass is 10.1. The van der Waals surface area contributed by atoms with E-state index in [1.165, 1.54) is 6.07 Å². The van der Waals surface area contributed by atoms with E-state index < -0.39 is 11.0 Å². The van der Waals surface area contributed by atoms with Gasteiger partial charge in [-0.05, 0) is 0 Å². The molecule has 1 aromatic carbocycles. The number of phenolic OH excluding ortho intramolecular Hbond substituents is 1. The van der Waals surface area contributed by atoms with Crippen LogP contribution in [0.15, 0.2) is 12.1 Å². The first-order valence-corrected chi connectivity index (χ1v) is 3.99. The SMILES string of the molecule is N[C@@H]1COc2cc(O)cc([N+](=O)[O-])c21. The first kappa shape index (κ1) is 8.76. The molecule has 14 heavy (non-hydrogen) atoms. The van der Waals surface area contributed by atoms with Crippen molar-refractivity contribution in [3.05, 3.63) is 27.8 Å². The molecule has 1 aliphatic rings. The molecule has 0 aromatic heterocycles. The van der Waals surface area contributed by atoms with Gasteiger partial charge in [0, 0.05) is 6.07 Å². The molecule has 0 unspecified atom stereocenters. The molecule has 0 amide bonds. The third-order valence-electron chi connectivity index (χ3n) is 2.09. The standard InChI is InChI=1S/C8H8N2O4/c9-5-3-14-7-2-4(11)1-6(8(5)7)10(12)13/h1-2,5,11H,3,9H2/t5-/m1/s1. The normalized spacial score (nSPS) is 18.8. The number of fused-ring (bicyclic) bond motifs is 1. The maximum Gasteiger partial charge on any atom is 0.281 e. The Labute approximate surface area is 79.1 Å². The lowest BCUT2D eigenvalue weighted by Crippen LogP contribution is -2.12. The van der Waals surface area contributed by atoms with Gasteiger partial charge in [0.1, 0.15) is 18.1 Å². The van der Waals surface area contributed by atoms with Crippen molar-refractivity contribution >= 4 is 5.69 Å². The average Bonchev–Trinajstić information content (AvgIpc) is 2.46. The molecule has 1 aromatic rings. The molecule has 6 nitrogen and oxygen atoms in total.